The van der Waals surface area contributed by atoms with Gasteiger partial charge in [0.25, 0.3) is 0 Å². The van der Waals surface area contributed by atoms with Crippen molar-refractivity contribution in [2.45, 2.75) is 31.2 Å². The van der Waals surface area contributed by atoms with Crippen molar-refractivity contribution in [3.63, 3.8) is 0 Å². The molecule has 0 unspecified atom stereocenters. The Bertz CT molecular complexity index is 476. The van der Waals surface area contributed by atoms with Crippen LogP contribution < -0.4 is 10.6 Å². The largest absolute Gasteiger partial charge is 0.341 e. The van der Waals surface area contributed by atoms with Gasteiger partial charge in [0.2, 0.25) is 11.8 Å². The molecule has 1 aromatic rings. The van der Waals surface area contributed by atoms with Crippen molar-refractivity contribution in [2.24, 2.45) is 5.92 Å². The van der Waals surface area contributed by atoms with Gasteiger partial charge in [-0.15, -0.1) is 0 Å². The van der Waals surface area contributed by atoms with Crippen molar-refractivity contribution in [3.8, 4) is 0 Å². The molecule has 2 aliphatic rings. The molecule has 0 atom stereocenters. The molecule has 2 N–H and O–H groups in total. The topological polar surface area (TPSA) is 58.2 Å². The average molecular weight is 243 g/mol. The Kier molecular flexibility index (Phi) is 2.58. The second kappa shape index (κ2) is 4.12. The SMILES string of the molecule is O=C(NC1(C(=O)Nc2cc[c]cc2)CC1)C1CC1. The molecular formula is C14H15N2O2. The number of carbonyl (C=O) groups excluding carboxylic acids is 2. The number of hydrogen-bond donors (Lipinski definition) is 2. The summed E-state index contributed by atoms with van der Waals surface area (Å²) in [7, 11) is 0. The molecule has 4 nitrogen and oxygen atoms in total. The summed E-state index contributed by atoms with van der Waals surface area (Å²) in [6.07, 6.45) is 3.38. The van der Waals surface area contributed by atoms with Crippen molar-refractivity contribution < 1.29 is 9.59 Å². The third-order valence-corrected chi connectivity index (χ3v) is 3.47. The monoisotopic (exact) mass is 243 g/mol. The zero-order chi connectivity index (χ0) is 12.6. The third kappa shape index (κ3) is 2.23. The summed E-state index contributed by atoms with van der Waals surface area (Å²) in [5.41, 5.74) is 0.0878. The summed E-state index contributed by atoms with van der Waals surface area (Å²) >= 11 is 0. The quantitative estimate of drug-likeness (QED) is 0.841. The van der Waals surface area contributed by atoms with E-state index in [0.29, 0.717) is 0 Å². The smallest absolute Gasteiger partial charge is 0.250 e. The van der Waals surface area contributed by atoms with E-state index in [4.69, 9.17) is 0 Å². The second-order valence-electron chi connectivity index (χ2n) is 5.09. The molecule has 4 heteroatoms. The first kappa shape index (κ1) is 11.3. The number of rotatable bonds is 4. The maximum Gasteiger partial charge on any atom is 0.250 e. The van der Waals surface area contributed by atoms with E-state index in [9.17, 15) is 9.59 Å². The fourth-order valence-corrected chi connectivity index (χ4v) is 1.94. The lowest BCUT2D eigenvalue weighted by Gasteiger charge is -2.17. The summed E-state index contributed by atoms with van der Waals surface area (Å²) < 4.78 is 0. The Morgan fingerprint density at radius 1 is 1.22 bits per heavy atom. The van der Waals surface area contributed by atoms with E-state index in [0.717, 1.165) is 31.4 Å². The van der Waals surface area contributed by atoms with Crippen molar-refractivity contribution >= 4 is 17.5 Å². The predicted octanol–water partition coefficient (Wildman–Crippen LogP) is 1.48. The van der Waals surface area contributed by atoms with Crippen LogP contribution in [-0.2, 0) is 9.59 Å². The fraction of sp³-hybridized carbons (Fsp3) is 0.429. The summed E-state index contributed by atoms with van der Waals surface area (Å²) in [6, 6.07) is 9.97. The standard InChI is InChI=1S/C14H15N2O2/c17-12(10-6-7-10)16-14(8-9-14)13(18)15-11-4-2-1-3-5-11/h2-5,10H,6-9H2,(H,15,18)(H,16,17). The first-order chi connectivity index (χ1) is 8.70. The molecule has 0 spiro atoms. The molecule has 0 saturated heterocycles. The van der Waals surface area contributed by atoms with Crippen LogP contribution in [0, 0.1) is 12.0 Å². The van der Waals surface area contributed by atoms with E-state index >= 15 is 0 Å². The van der Waals surface area contributed by atoms with Gasteiger partial charge in [-0.05, 0) is 43.9 Å². The molecule has 18 heavy (non-hydrogen) atoms. The molecule has 3 rings (SSSR count). The number of anilines is 1. The minimum atomic E-state index is -0.654. The van der Waals surface area contributed by atoms with Crippen LogP contribution in [0.2, 0.25) is 0 Å². The van der Waals surface area contributed by atoms with Crippen LogP contribution in [0.15, 0.2) is 24.3 Å². The lowest BCUT2D eigenvalue weighted by molar-refractivity contribution is -0.128. The lowest BCUT2D eigenvalue weighted by Crippen LogP contribution is -2.46. The van der Waals surface area contributed by atoms with Gasteiger partial charge in [0.15, 0.2) is 0 Å². The van der Waals surface area contributed by atoms with E-state index in [1.807, 2.05) is 0 Å². The molecule has 1 radical (unpaired) electrons. The van der Waals surface area contributed by atoms with E-state index in [-0.39, 0.29) is 17.7 Å². The number of carbonyl (C=O) groups is 2. The number of nitrogens with one attached hydrogen (secondary N) is 2. The van der Waals surface area contributed by atoms with Crippen LogP contribution in [0.1, 0.15) is 25.7 Å². The van der Waals surface area contributed by atoms with Gasteiger partial charge in [-0.2, -0.15) is 0 Å². The van der Waals surface area contributed by atoms with Gasteiger partial charge in [0.1, 0.15) is 5.54 Å². The Morgan fingerprint density at radius 2 is 1.89 bits per heavy atom. The highest BCUT2D eigenvalue weighted by atomic mass is 16.2. The molecule has 0 aliphatic heterocycles. The molecule has 0 heterocycles. The Hall–Kier alpha value is -1.84. The maximum absolute atomic E-state index is 12.1. The summed E-state index contributed by atoms with van der Waals surface area (Å²) in [4.78, 5) is 23.9. The van der Waals surface area contributed by atoms with Crippen LogP contribution in [0.5, 0.6) is 0 Å². The first-order valence-corrected chi connectivity index (χ1v) is 6.29. The Balaban J connectivity index is 1.63. The lowest BCUT2D eigenvalue weighted by atomic mass is 10.2. The summed E-state index contributed by atoms with van der Waals surface area (Å²) in [6.45, 7) is 0. The van der Waals surface area contributed by atoms with E-state index in [2.05, 4.69) is 16.7 Å². The zero-order valence-electron chi connectivity index (χ0n) is 10.0. The van der Waals surface area contributed by atoms with Crippen LogP contribution in [-0.4, -0.2) is 17.4 Å². The fourth-order valence-electron chi connectivity index (χ4n) is 1.94. The first-order valence-electron chi connectivity index (χ1n) is 6.29. The average Bonchev–Trinajstić information content (AvgIpc) is 3.25. The number of amides is 2. The van der Waals surface area contributed by atoms with E-state index < -0.39 is 5.54 Å². The van der Waals surface area contributed by atoms with Crippen molar-refractivity contribution in [1.82, 2.24) is 5.32 Å². The van der Waals surface area contributed by atoms with Gasteiger partial charge in [0, 0.05) is 11.6 Å². The number of benzene rings is 1. The second-order valence-corrected chi connectivity index (χ2v) is 5.09. The van der Waals surface area contributed by atoms with Crippen LogP contribution in [0.4, 0.5) is 5.69 Å². The van der Waals surface area contributed by atoms with Gasteiger partial charge in [-0.3, -0.25) is 9.59 Å². The van der Waals surface area contributed by atoms with Crippen LogP contribution in [0.3, 0.4) is 0 Å². The normalized spacial score (nSPS) is 20.0. The minimum absolute atomic E-state index is 0.0315. The van der Waals surface area contributed by atoms with Gasteiger partial charge in [0.05, 0.1) is 0 Å². The molecular weight excluding hydrogens is 228 g/mol. The van der Waals surface area contributed by atoms with Gasteiger partial charge >= 0.3 is 0 Å². The molecule has 1 aromatic carbocycles. The van der Waals surface area contributed by atoms with Crippen LogP contribution >= 0.6 is 0 Å². The molecule has 93 valence electrons. The maximum atomic E-state index is 12.1. The highest BCUT2D eigenvalue weighted by Gasteiger charge is 2.52. The zero-order valence-corrected chi connectivity index (χ0v) is 10.0. The highest BCUT2D eigenvalue weighted by Crippen LogP contribution is 2.39. The Morgan fingerprint density at radius 3 is 2.44 bits per heavy atom. The molecule has 0 bridgehead atoms. The summed E-state index contributed by atoms with van der Waals surface area (Å²) in [5.74, 6) is 0.0633. The van der Waals surface area contributed by atoms with E-state index in [1.165, 1.54) is 0 Å². The Labute approximate surface area is 106 Å². The molecule has 2 saturated carbocycles. The van der Waals surface area contributed by atoms with Gasteiger partial charge in [-0.25, -0.2) is 0 Å². The molecule has 2 aliphatic carbocycles. The number of hydrogen-bond acceptors (Lipinski definition) is 2. The van der Waals surface area contributed by atoms with Crippen molar-refractivity contribution in [3.05, 3.63) is 30.3 Å². The van der Waals surface area contributed by atoms with Crippen molar-refractivity contribution in [1.29, 1.82) is 0 Å². The highest BCUT2D eigenvalue weighted by molar-refractivity contribution is 6.03. The third-order valence-electron chi connectivity index (χ3n) is 3.47. The van der Waals surface area contributed by atoms with E-state index in [1.54, 1.807) is 24.3 Å². The minimum Gasteiger partial charge on any atom is -0.341 e. The molecule has 2 amide bonds. The molecule has 2 fully saturated rings. The predicted molar refractivity (Wildman–Crippen MR) is 66.7 cm³/mol. The summed E-state index contributed by atoms with van der Waals surface area (Å²) in [5, 5.41) is 5.73. The van der Waals surface area contributed by atoms with Crippen LogP contribution in [0.25, 0.3) is 0 Å². The molecule has 0 aromatic heterocycles. The van der Waals surface area contributed by atoms with Crippen molar-refractivity contribution in [2.75, 3.05) is 5.32 Å². The van der Waals surface area contributed by atoms with Gasteiger partial charge < -0.3 is 10.6 Å². The van der Waals surface area contributed by atoms with Gasteiger partial charge in [-0.1, -0.05) is 12.1 Å².